The number of hydrogen-bond acceptors (Lipinski definition) is 0. The largest absolute Gasteiger partial charge is 0.0839 e. The molecule has 1 aliphatic rings. The summed E-state index contributed by atoms with van der Waals surface area (Å²) in [7, 11) is 0. The lowest BCUT2D eigenvalue weighted by Crippen LogP contribution is -1.97. The van der Waals surface area contributed by atoms with Gasteiger partial charge in [-0.2, -0.15) is 0 Å². The van der Waals surface area contributed by atoms with Gasteiger partial charge in [-0.05, 0) is 35.8 Å². The quantitative estimate of drug-likeness (QED) is 0.567. The summed E-state index contributed by atoms with van der Waals surface area (Å²) >= 11 is 3.85. The van der Waals surface area contributed by atoms with Crippen molar-refractivity contribution in [2.24, 2.45) is 5.92 Å². The maximum atomic E-state index is 3.85. The first-order valence-corrected chi connectivity index (χ1v) is 8.32. The van der Waals surface area contributed by atoms with Crippen LogP contribution in [0.25, 0.3) is 0 Å². The van der Waals surface area contributed by atoms with Gasteiger partial charge in [-0.25, -0.2) is 0 Å². The lowest BCUT2D eigenvalue weighted by atomic mass is 9.96. The van der Waals surface area contributed by atoms with Gasteiger partial charge in [0.2, 0.25) is 0 Å². The molecule has 1 heteroatoms. The van der Waals surface area contributed by atoms with Crippen molar-refractivity contribution in [1.29, 1.82) is 0 Å². The third-order valence-corrected chi connectivity index (χ3v) is 5.25. The first-order valence-electron chi connectivity index (χ1n) is 7.40. The lowest BCUT2D eigenvalue weighted by molar-refractivity contribution is 0.483. The second-order valence-electron chi connectivity index (χ2n) is 6.02. The molecule has 1 aromatic carbocycles. The second-order valence-corrected chi connectivity index (χ2v) is 7.12. The van der Waals surface area contributed by atoms with Crippen LogP contribution in [-0.4, -0.2) is 0 Å². The molecule has 0 aliphatic heterocycles. The molecule has 1 aliphatic carbocycles. The summed E-state index contributed by atoms with van der Waals surface area (Å²) < 4.78 is 0. The van der Waals surface area contributed by atoms with Gasteiger partial charge in [0.15, 0.2) is 0 Å². The highest BCUT2D eigenvalue weighted by Gasteiger charge is 2.17. The average molecular weight is 309 g/mol. The van der Waals surface area contributed by atoms with Crippen LogP contribution in [0.1, 0.15) is 74.2 Å². The second kappa shape index (κ2) is 6.75. The van der Waals surface area contributed by atoms with Crippen LogP contribution >= 0.6 is 15.9 Å². The van der Waals surface area contributed by atoms with Crippen LogP contribution in [0.5, 0.6) is 0 Å². The van der Waals surface area contributed by atoms with Gasteiger partial charge in [0, 0.05) is 4.83 Å². The van der Waals surface area contributed by atoms with E-state index in [0.717, 1.165) is 5.92 Å². The fourth-order valence-corrected chi connectivity index (χ4v) is 3.51. The first kappa shape index (κ1) is 14.1. The lowest BCUT2D eigenvalue weighted by Gasteiger charge is -2.14. The average Bonchev–Trinajstić information content (AvgIpc) is 2.89. The molecule has 0 saturated heterocycles. The minimum atomic E-state index is 0.541. The Bertz CT molecular complexity index is 346. The Morgan fingerprint density at radius 2 is 1.61 bits per heavy atom. The first-order chi connectivity index (χ1) is 8.66. The molecule has 0 heterocycles. The Labute approximate surface area is 120 Å². The highest BCUT2D eigenvalue weighted by Crippen LogP contribution is 2.35. The maximum absolute atomic E-state index is 3.85. The number of halogens is 1. The molecule has 2 rings (SSSR count). The predicted molar refractivity (Wildman–Crippen MR) is 83.4 cm³/mol. The summed E-state index contributed by atoms with van der Waals surface area (Å²) in [6.07, 6.45) is 8.52. The topological polar surface area (TPSA) is 0 Å². The molecule has 0 radical (unpaired) electrons. The summed E-state index contributed by atoms with van der Waals surface area (Å²) in [4.78, 5) is 0.541. The van der Waals surface area contributed by atoms with Crippen molar-refractivity contribution >= 4 is 15.9 Å². The summed E-state index contributed by atoms with van der Waals surface area (Å²) in [5.74, 6) is 1.63. The molecular formula is C17H25Br. The third kappa shape index (κ3) is 3.85. The maximum Gasteiger partial charge on any atom is 0.0395 e. The van der Waals surface area contributed by atoms with Crippen molar-refractivity contribution in [3.05, 3.63) is 35.4 Å². The van der Waals surface area contributed by atoms with Gasteiger partial charge < -0.3 is 0 Å². The molecule has 1 fully saturated rings. The molecule has 1 saturated carbocycles. The normalized spacial score (nSPS) is 18.4. The van der Waals surface area contributed by atoms with Crippen molar-refractivity contribution in [3.8, 4) is 0 Å². The van der Waals surface area contributed by atoms with Crippen LogP contribution in [0.2, 0.25) is 0 Å². The molecule has 100 valence electrons. The van der Waals surface area contributed by atoms with Crippen LogP contribution in [0.4, 0.5) is 0 Å². The van der Waals surface area contributed by atoms with Crippen molar-refractivity contribution in [1.82, 2.24) is 0 Å². The molecule has 1 atom stereocenters. The van der Waals surface area contributed by atoms with Crippen molar-refractivity contribution in [2.45, 2.75) is 63.1 Å². The Kier molecular flexibility index (Phi) is 5.29. The number of hydrogen-bond donors (Lipinski definition) is 0. The zero-order valence-corrected chi connectivity index (χ0v) is 13.2. The highest BCUT2D eigenvalue weighted by atomic mass is 79.9. The fraction of sp³-hybridized carbons (Fsp3) is 0.647. The molecule has 0 amide bonds. The number of alkyl halides is 1. The summed E-state index contributed by atoms with van der Waals surface area (Å²) in [6.45, 7) is 4.50. The molecule has 0 N–H and O–H groups in total. The zero-order valence-electron chi connectivity index (χ0n) is 11.7. The van der Waals surface area contributed by atoms with E-state index < -0.39 is 0 Å². The minimum absolute atomic E-state index is 0.541. The fourth-order valence-electron chi connectivity index (χ4n) is 2.94. The SMILES string of the molecule is CC(C)c1ccc(C(Br)CCC2CCCC2)cc1. The van der Waals surface area contributed by atoms with E-state index in [2.05, 4.69) is 54.0 Å². The molecular weight excluding hydrogens is 284 g/mol. The molecule has 0 bridgehead atoms. The predicted octanol–water partition coefficient (Wildman–Crippen LogP) is 6.22. The third-order valence-electron chi connectivity index (χ3n) is 4.27. The van der Waals surface area contributed by atoms with E-state index in [9.17, 15) is 0 Å². The van der Waals surface area contributed by atoms with E-state index in [-0.39, 0.29) is 0 Å². The van der Waals surface area contributed by atoms with Crippen molar-refractivity contribution < 1.29 is 0 Å². The molecule has 1 aromatic rings. The van der Waals surface area contributed by atoms with Crippen molar-refractivity contribution in [3.63, 3.8) is 0 Å². The van der Waals surface area contributed by atoms with Crippen molar-refractivity contribution in [2.75, 3.05) is 0 Å². The van der Waals surface area contributed by atoms with E-state index in [1.54, 1.807) is 0 Å². The van der Waals surface area contributed by atoms with Gasteiger partial charge in [-0.1, -0.05) is 79.7 Å². The molecule has 0 spiro atoms. The zero-order chi connectivity index (χ0) is 13.0. The van der Waals surface area contributed by atoms with Gasteiger partial charge in [0.25, 0.3) is 0 Å². The molecule has 18 heavy (non-hydrogen) atoms. The van der Waals surface area contributed by atoms with Crippen LogP contribution < -0.4 is 0 Å². The summed E-state index contributed by atoms with van der Waals surface area (Å²) in [5, 5.41) is 0. The van der Waals surface area contributed by atoms with Gasteiger partial charge >= 0.3 is 0 Å². The Morgan fingerprint density at radius 3 is 2.17 bits per heavy atom. The Morgan fingerprint density at radius 1 is 1.06 bits per heavy atom. The van der Waals surface area contributed by atoms with E-state index in [1.807, 2.05) is 0 Å². The molecule has 1 unspecified atom stereocenters. The Balaban J connectivity index is 1.85. The number of rotatable bonds is 5. The summed E-state index contributed by atoms with van der Waals surface area (Å²) in [5.41, 5.74) is 2.88. The number of benzene rings is 1. The van der Waals surface area contributed by atoms with E-state index in [4.69, 9.17) is 0 Å². The van der Waals surface area contributed by atoms with Gasteiger partial charge in [-0.15, -0.1) is 0 Å². The van der Waals surface area contributed by atoms with Gasteiger partial charge in [0.1, 0.15) is 0 Å². The monoisotopic (exact) mass is 308 g/mol. The van der Waals surface area contributed by atoms with Crippen LogP contribution in [0, 0.1) is 5.92 Å². The standard InChI is InChI=1S/C17H25Br/c1-13(2)15-8-10-16(11-9-15)17(18)12-7-14-5-3-4-6-14/h8-11,13-14,17H,3-7,12H2,1-2H3. The summed E-state index contributed by atoms with van der Waals surface area (Å²) in [6, 6.07) is 9.15. The van der Waals surface area contributed by atoms with E-state index in [1.165, 1.54) is 49.7 Å². The van der Waals surface area contributed by atoms with E-state index >= 15 is 0 Å². The van der Waals surface area contributed by atoms with Crippen LogP contribution in [-0.2, 0) is 0 Å². The van der Waals surface area contributed by atoms with Gasteiger partial charge in [-0.3, -0.25) is 0 Å². The molecule has 0 nitrogen and oxygen atoms in total. The smallest absolute Gasteiger partial charge is 0.0395 e. The van der Waals surface area contributed by atoms with Crippen LogP contribution in [0.15, 0.2) is 24.3 Å². The Hall–Kier alpha value is -0.300. The van der Waals surface area contributed by atoms with E-state index in [0.29, 0.717) is 10.7 Å². The van der Waals surface area contributed by atoms with Gasteiger partial charge in [0.05, 0.1) is 0 Å². The van der Waals surface area contributed by atoms with Crippen LogP contribution in [0.3, 0.4) is 0 Å². The molecule has 0 aromatic heterocycles. The highest BCUT2D eigenvalue weighted by molar-refractivity contribution is 9.09. The minimum Gasteiger partial charge on any atom is -0.0839 e.